The Morgan fingerprint density at radius 2 is 0.800 bits per heavy atom. The first-order valence-corrected chi connectivity index (χ1v) is 4.30. The average Bonchev–Trinajstić information content (AvgIpc) is 2.01. The zero-order chi connectivity index (χ0) is 7.07. The Kier molecular flexibility index (Phi) is 4.00. The van der Waals surface area contributed by atoms with Crippen LogP contribution in [0, 0.1) is 0 Å². The molecule has 56 valence electrons. The Morgan fingerprint density at radius 3 is 1.10 bits per heavy atom. The quantitative estimate of drug-likeness (QED) is 0.447. The van der Waals surface area contributed by atoms with E-state index in [-0.39, 0.29) is 0 Å². The number of allylic oxidation sites excluding steroid dienone is 4. The molecule has 0 unspecified atom stereocenters. The molecule has 0 amide bonds. The van der Waals surface area contributed by atoms with Crippen LogP contribution in [0.15, 0.2) is 24.3 Å². The molecule has 0 heteroatoms. The van der Waals surface area contributed by atoms with Crippen molar-refractivity contribution in [3.8, 4) is 0 Å². The normalized spacial score (nSPS) is 24.0. The maximum atomic E-state index is 2.32. The molecule has 0 heterocycles. The molecule has 0 saturated carbocycles. The van der Waals surface area contributed by atoms with Crippen molar-refractivity contribution < 1.29 is 0 Å². The smallest absolute Gasteiger partial charge is 0.0348 e. The molecule has 0 atom stereocenters. The molecular formula is C10H16. The molecule has 0 radical (unpaired) electrons. The molecule has 10 heavy (non-hydrogen) atoms. The standard InChI is InChI=1S/C10H16/c1-2-4-6-8-10-9-7-5-3-1/h1-2,9-10H,3-8H2/b2-1-,10-9?. The molecular weight excluding hydrogens is 120 g/mol. The summed E-state index contributed by atoms with van der Waals surface area (Å²) in [7, 11) is 0. The number of rotatable bonds is 0. The summed E-state index contributed by atoms with van der Waals surface area (Å²) in [6.07, 6.45) is 17.0. The first kappa shape index (κ1) is 7.59. The summed E-state index contributed by atoms with van der Waals surface area (Å²) in [5.74, 6) is 0. The van der Waals surface area contributed by atoms with Crippen LogP contribution in [0.25, 0.3) is 0 Å². The van der Waals surface area contributed by atoms with Crippen molar-refractivity contribution in [3.63, 3.8) is 0 Å². The highest BCUT2D eigenvalue weighted by molar-refractivity contribution is 4.88. The van der Waals surface area contributed by atoms with Crippen molar-refractivity contribution in [2.45, 2.75) is 38.5 Å². The fraction of sp³-hybridized carbons (Fsp3) is 0.600. The van der Waals surface area contributed by atoms with E-state index in [1.165, 1.54) is 38.5 Å². The highest BCUT2D eigenvalue weighted by Gasteiger charge is 1.85. The van der Waals surface area contributed by atoms with Crippen molar-refractivity contribution in [1.29, 1.82) is 0 Å². The van der Waals surface area contributed by atoms with E-state index in [4.69, 9.17) is 0 Å². The molecule has 0 fully saturated rings. The van der Waals surface area contributed by atoms with Crippen LogP contribution in [0.1, 0.15) is 38.5 Å². The number of hydrogen-bond donors (Lipinski definition) is 0. The molecule has 0 aromatic heterocycles. The molecule has 1 aliphatic rings. The van der Waals surface area contributed by atoms with Crippen LogP contribution in [0.3, 0.4) is 0 Å². The topological polar surface area (TPSA) is 0 Å². The molecule has 0 N–H and O–H groups in total. The van der Waals surface area contributed by atoms with Gasteiger partial charge < -0.3 is 0 Å². The molecule has 0 aromatic rings. The van der Waals surface area contributed by atoms with Crippen molar-refractivity contribution in [2.75, 3.05) is 0 Å². The lowest BCUT2D eigenvalue weighted by molar-refractivity contribution is 0.816. The Labute approximate surface area is 63.6 Å². The Hall–Kier alpha value is -0.520. The molecule has 0 bridgehead atoms. The van der Waals surface area contributed by atoms with E-state index in [0.717, 1.165) is 0 Å². The summed E-state index contributed by atoms with van der Waals surface area (Å²) in [6, 6.07) is 0. The van der Waals surface area contributed by atoms with Gasteiger partial charge in [-0.25, -0.2) is 0 Å². The van der Waals surface area contributed by atoms with Gasteiger partial charge in [0.15, 0.2) is 0 Å². The highest BCUT2D eigenvalue weighted by Crippen LogP contribution is 2.05. The SMILES string of the molecule is C1=CCCC/C=C\CCC1. The zero-order valence-corrected chi connectivity index (χ0v) is 6.55. The van der Waals surface area contributed by atoms with Gasteiger partial charge in [0.05, 0.1) is 0 Å². The van der Waals surface area contributed by atoms with E-state index in [1.807, 2.05) is 0 Å². The maximum absolute atomic E-state index is 2.32. The van der Waals surface area contributed by atoms with Crippen LogP contribution in [0.5, 0.6) is 0 Å². The van der Waals surface area contributed by atoms with Crippen LogP contribution in [0.2, 0.25) is 0 Å². The van der Waals surface area contributed by atoms with Crippen molar-refractivity contribution in [3.05, 3.63) is 24.3 Å². The minimum absolute atomic E-state index is 1.27. The summed E-state index contributed by atoms with van der Waals surface area (Å²) >= 11 is 0. The van der Waals surface area contributed by atoms with Gasteiger partial charge in [-0.1, -0.05) is 24.3 Å². The molecule has 0 aliphatic heterocycles. The van der Waals surface area contributed by atoms with Gasteiger partial charge in [0.25, 0.3) is 0 Å². The van der Waals surface area contributed by atoms with Gasteiger partial charge in [-0.15, -0.1) is 0 Å². The first-order chi connectivity index (χ1) is 5.00. The second kappa shape index (κ2) is 5.28. The van der Waals surface area contributed by atoms with Gasteiger partial charge in [0.1, 0.15) is 0 Å². The summed E-state index contributed by atoms with van der Waals surface area (Å²) in [5, 5.41) is 0. The highest BCUT2D eigenvalue weighted by atomic mass is 13.9. The van der Waals surface area contributed by atoms with E-state index in [0.29, 0.717) is 0 Å². The first-order valence-electron chi connectivity index (χ1n) is 4.30. The zero-order valence-electron chi connectivity index (χ0n) is 6.55. The summed E-state index contributed by atoms with van der Waals surface area (Å²) < 4.78 is 0. The molecule has 1 aliphatic carbocycles. The average molecular weight is 136 g/mol. The predicted molar refractivity (Wildman–Crippen MR) is 46.0 cm³/mol. The van der Waals surface area contributed by atoms with Crippen molar-refractivity contribution in [1.82, 2.24) is 0 Å². The third-order valence-corrected chi connectivity index (χ3v) is 1.82. The monoisotopic (exact) mass is 136 g/mol. The molecule has 1 rings (SSSR count). The Bertz CT molecular complexity index is 92.0. The van der Waals surface area contributed by atoms with Crippen LogP contribution in [0.4, 0.5) is 0 Å². The van der Waals surface area contributed by atoms with E-state index in [2.05, 4.69) is 24.3 Å². The second-order valence-corrected chi connectivity index (χ2v) is 2.80. The molecule has 0 saturated heterocycles. The number of hydrogen-bond acceptors (Lipinski definition) is 0. The van der Waals surface area contributed by atoms with E-state index >= 15 is 0 Å². The van der Waals surface area contributed by atoms with Crippen LogP contribution in [-0.2, 0) is 0 Å². The van der Waals surface area contributed by atoms with Crippen LogP contribution < -0.4 is 0 Å². The second-order valence-electron chi connectivity index (χ2n) is 2.80. The van der Waals surface area contributed by atoms with Crippen molar-refractivity contribution >= 4 is 0 Å². The Balaban J connectivity index is 2.22. The molecule has 0 spiro atoms. The fourth-order valence-corrected chi connectivity index (χ4v) is 1.18. The maximum Gasteiger partial charge on any atom is -0.0348 e. The van der Waals surface area contributed by atoms with Crippen molar-refractivity contribution in [2.24, 2.45) is 0 Å². The van der Waals surface area contributed by atoms with E-state index in [9.17, 15) is 0 Å². The third kappa shape index (κ3) is 3.49. The van der Waals surface area contributed by atoms with Gasteiger partial charge in [-0.2, -0.15) is 0 Å². The van der Waals surface area contributed by atoms with Crippen LogP contribution >= 0.6 is 0 Å². The Morgan fingerprint density at radius 1 is 0.500 bits per heavy atom. The minimum Gasteiger partial charge on any atom is -0.0885 e. The van der Waals surface area contributed by atoms with Gasteiger partial charge in [0, 0.05) is 0 Å². The largest absolute Gasteiger partial charge is 0.0885 e. The lowest BCUT2D eigenvalue weighted by atomic mass is 10.1. The minimum atomic E-state index is 1.27. The fourth-order valence-electron chi connectivity index (χ4n) is 1.18. The van der Waals surface area contributed by atoms with Gasteiger partial charge in [0.2, 0.25) is 0 Å². The predicted octanol–water partition coefficient (Wildman–Crippen LogP) is 3.45. The van der Waals surface area contributed by atoms with Gasteiger partial charge in [-0.05, 0) is 38.5 Å². The summed E-state index contributed by atoms with van der Waals surface area (Å²) in [5.41, 5.74) is 0. The van der Waals surface area contributed by atoms with E-state index < -0.39 is 0 Å². The lowest BCUT2D eigenvalue weighted by Gasteiger charge is -1.95. The van der Waals surface area contributed by atoms with Crippen LogP contribution in [-0.4, -0.2) is 0 Å². The molecule has 0 nitrogen and oxygen atoms in total. The summed E-state index contributed by atoms with van der Waals surface area (Å²) in [4.78, 5) is 0. The summed E-state index contributed by atoms with van der Waals surface area (Å²) in [6.45, 7) is 0. The van der Waals surface area contributed by atoms with Gasteiger partial charge in [-0.3, -0.25) is 0 Å². The third-order valence-electron chi connectivity index (χ3n) is 1.82. The lowest BCUT2D eigenvalue weighted by Crippen LogP contribution is -1.75. The van der Waals surface area contributed by atoms with E-state index in [1.54, 1.807) is 0 Å². The molecule has 0 aromatic carbocycles. The van der Waals surface area contributed by atoms with Gasteiger partial charge >= 0.3 is 0 Å².